The number of aliphatic hydroxyl groups excluding tert-OH is 5. The highest BCUT2D eigenvalue weighted by molar-refractivity contribution is 5.76. The molecule has 0 bridgehead atoms. The normalized spacial score (nSPS) is 18.0. The van der Waals surface area contributed by atoms with Crippen molar-refractivity contribution < 1.29 is 39.8 Å². The predicted molar refractivity (Wildman–Crippen MR) is 360 cm³/mol. The van der Waals surface area contributed by atoms with Gasteiger partial charge < -0.3 is 40.3 Å². The molecule has 1 aliphatic heterocycles. The third-order valence-corrected chi connectivity index (χ3v) is 19.0. The molecule has 0 spiro atoms. The lowest BCUT2D eigenvalue weighted by atomic mass is 9.99. The highest BCUT2D eigenvalue weighted by atomic mass is 16.7. The van der Waals surface area contributed by atoms with Crippen molar-refractivity contribution in [3.63, 3.8) is 0 Å². The van der Waals surface area contributed by atoms with E-state index >= 15 is 0 Å². The molecule has 0 aromatic carbocycles. The molecule has 1 rings (SSSR count). The molecule has 0 radical (unpaired) electrons. The number of hydrogen-bond donors (Lipinski definition) is 6. The third kappa shape index (κ3) is 53.1. The number of aliphatic hydroxyl groups is 5. The molecule has 1 fully saturated rings. The molecule has 502 valence electrons. The SMILES string of the molecule is CCCCCCCCCCCCCCCCCCCCCCCCCCCCCCCCCCCCC(=O)NC(COC1OC(CO)C(O)C(O)C1O)C(O)CCCCCCCCCCCCCCCCCCCCCCCCCCCCC. The van der Waals surface area contributed by atoms with Crippen LogP contribution in [0.1, 0.15) is 418 Å². The van der Waals surface area contributed by atoms with Crippen molar-refractivity contribution >= 4 is 5.91 Å². The summed E-state index contributed by atoms with van der Waals surface area (Å²) in [6.07, 6.45) is 76.3. The van der Waals surface area contributed by atoms with E-state index in [4.69, 9.17) is 9.47 Å². The van der Waals surface area contributed by atoms with E-state index in [0.29, 0.717) is 12.8 Å². The fourth-order valence-corrected chi connectivity index (χ4v) is 13.0. The van der Waals surface area contributed by atoms with Crippen LogP contribution in [0.2, 0.25) is 0 Å². The number of carbonyl (C=O) groups is 1. The van der Waals surface area contributed by atoms with Gasteiger partial charge in [0.05, 0.1) is 25.4 Å². The van der Waals surface area contributed by atoms with Crippen molar-refractivity contribution in [1.82, 2.24) is 5.32 Å². The Morgan fingerprint density at radius 2 is 0.595 bits per heavy atom. The van der Waals surface area contributed by atoms with Crippen molar-refractivity contribution in [2.24, 2.45) is 0 Å². The zero-order valence-electron chi connectivity index (χ0n) is 56.5. The Morgan fingerprint density at radius 3 is 0.845 bits per heavy atom. The molecule has 0 aliphatic carbocycles. The maximum absolute atomic E-state index is 13.2. The second-order valence-corrected chi connectivity index (χ2v) is 27.2. The van der Waals surface area contributed by atoms with Crippen molar-refractivity contribution in [2.75, 3.05) is 13.2 Å². The van der Waals surface area contributed by atoms with E-state index in [2.05, 4.69) is 19.2 Å². The maximum atomic E-state index is 13.2. The smallest absolute Gasteiger partial charge is 0.220 e. The summed E-state index contributed by atoms with van der Waals surface area (Å²) in [5.41, 5.74) is 0. The van der Waals surface area contributed by atoms with E-state index in [1.807, 2.05) is 0 Å². The van der Waals surface area contributed by atoms with Crippen molar-refractivity contribution in [2.45, 2.75) is 461 Å². The maximum Gasteiger partial charge on any atom is 0.220 e. The van der Waals surface area contributed by atoms with Crippen molar-refractivity contribution in [1.29, 1.82) is 0 Å². The van der Waals surface area contributed by atoms with Crippen LogP contribution >= 0.6 is 0 Å². The lowest BCUT2D eigenvalue weighted by Crippen LogP contribution is -2.60. The first-order chi connectivity index (χ1) is 41.3. The van der Waals surface area contributed by atoms with Crippen LogP contribution in [0.4, 0.5) is 0 Å². The van der Waals surface area contributed by atoms with Crippen LogP contribution in [0, 0.1) is 0 Å². The highest BCUT2D eigenvalue weighted by Gasteiger charge is 2.44. The number of ether oxygens (including phenoxy) is 2. The topological polar surface area (TPSA) is 149 Å². The molecule has 1 saturated heterocycles. The van der Waals surface area contributed by atoms with Gasteiger partial charge in [-0.1, -0.05) is 399 Å². The van der Waals surface area contributed by atoms with Gasteiger partial charge in [-0.2, -0.15) is 0 Å². The average molecular weight is 1190 g/mol. The van der Waals surface area contributed by atoms with Crippen molar-refractivity contribution in [3.8, 4) is 0 Å². The van der Waals surface area contributed by atoms with Gasteiger partial charge in [0.2, 0.25) is 5.91 Å². The lowest BCUT2D eigenvalue weighted by molar-refractivity contribution is -0.302. The summed E-state index contributed by atoms with van der Waals surface area (Å²) in [5.74, 6) is -0.132. The Bertz CT molecular complexity index is 1290. The summed E-state index contributed by atoms with van der Waals surface area (Å²) >= 11 is 0. The van der Waals surface area contributed by atoms with E-state index in [9.17, 15) is 30.3 Å². The monoisotopic (exact) mass is 1190 g/mol. The van der Waals surface area contributed by atoms with Gasteiger partial charge in [0.15, 0.2) is 6.29 Å². The van der Waals surface area contributed by atoms with Crippen LogP contribution in [-0.4, -0.2) is 87.5 Å². The zero-order chi connectivity index (χ0) is 60.7. The Balaban J connectivity index is 2.05. The second-order valence-electron chi connectivity index (χ2n) is 27.2. The van der Waals surface area contributed by atoms with Gasteiger partial charge in [0, 0.05) is 6.42 Å². The fraction of sp³-hybridized carbons (Fsp3) is 0.987. The molecule has 1 heterocycles. The van der Waals surface area contributed by atoms with E-state index < -0.39 is 49.5 Å². The van der Waals surface area contributed by atoms with Gasteiger partial charge in [-0.3, -0.25) is 4.79 Å². The fourth-order valence-electron chi connectivity index (χ4n) is 13.0. The second kappa shape index (κ2) is 65.2. The van der Waals surface area contributed by atoms with Gasteiger partial charge in [-0.25, -0.2) is 0 Å². The summed E-state index contributed by atoms with van der Waals surface area (Å²) in [6, 6.07) is -0.716. The van der Waals surface area contributed by atoms with Gasteiger partial charge in [-0.15, -0.1) is 0 Å². The first-order valence-corrected chi connectivity index (χ1v) is 38.2. The molecule has 9 heteroatoms. The average Bonchev–Trinajstić information content (AvgIpc) is 3.70. The number of rotatable bonds is 69. The highest BCUT2D eigenvalue weighted by Crippen LogP contribution is 2.24. The molecule has 7 atom stereocenters. The van der Waals surface area contributed by atoms with Crippen LogP contribution < -0.4 is 5.32 Å². The minimum atomic E-state index is -1.55. The van der Waals surface area contributed by atoms with Gasteiger partial charge >= 0.3 is 0 Å². The first kappa shape index (κ1) is 81.2. The minimum Gasteiger partial charge on any atom is -0.394 e. The zero-order valence-corrected chi connectivity index (χ0v) is 56.5. The largest absolute Gasteiger partial charge is 0.394 e. The number of nitrogens with one attached hydrogen (secondary N) is 1. The van der Waals surface area contributed by atoms with E-state index in [0.717, 1.165) is 38.5 Å². The molecule has 0 aromatic rings. The first-order valence-electron chi connectivity index (χ1n) is 38.2. The molecule has 84 heavy (non-hydrogen) atoms. The molecule has 6 N–H and O–H groups in total. The molecule has 9 nitrogen and oxygen atoms in total. The van der Waals surface area contributed by atoms with Gasteiger partial charge in [0.1, 0.15) is 24.4 Å². The number of amides is 1. The van der Waals surface area contributed by atoms with Crippen LogP contribution in [-0.2, 0) is 14.3 Å². The molecule has 1 aliphatic rings. The predicted octanol–water partition coefficient (Wildman–Crippen LogP) is 21.3. The van der Waals surface area contributed by atoms with Crippen molar-refractivity contribution in [3.05, 3.63) is 0 Å². The van der Waals surface area contributed by atoms with E-state index in [-0.39, 0.29) is 12.5 Å². The molecule has 0 aromatic heterocycles. The van der Waals surface area contributed by atoms with E-state index in [1.165, 1.54) is 353 Å². The molecule has 7 unspecified atom stereocenters. The number of hydrogen-bond acceptors (Lipinski definition) is 8. The Hall–Kier alpha value is -0.810. The summed E-state index contributed by atoms with van der Waals surface area (Å²) in [4.78, 5) is 13.2. The molecule has 1 amide bonds. The Kier molecular flexibility index (Phi) is 63.0. The summed E-state index contributed by atoms with van der Waals surface area (Å²) in [5, 5.41) is 55.0. The lowest BCUT2D eigenvalue weighted by Gasteiger charge is -2.40. The number of carbonyl (C=O) groups excluding carboxylic acids is 1. The van der Waals surface area contributed by atoms with Gasteiger partial charge in [-0.05, 0) is 12.8 Å². The third-order valence-electron chi connectivity index (χ3n) is 19.0. The molecular weight excluding hydrogens is 1040 g/mol. The van der Waals surface area contributed by atoms with Crippen LogP contribution in [0.15, 0.2) is 0 Å². The van der Waals surface area contributed by atoms with Crippen LogP contribution in [0.5, 0.6) is 0 Å². The summed E-state index contributed by atoms with van der Waals surface area (Å²) in [7, 11) is 0. The molecule has 0 saturated carbocycles. The van der Waals surface area contributed by atoms with Crippen LogP contribution in [0.3, 0.4) is 0 Å². The summed E-state index contributed by atoms with van der Waals surface area (Å²) < 4.78 is 11.4. The Labute approximate surface area is 523 Å². The van der Waals surface area contributed by atoms with Gasteiger partial charge in [0.25, 0.3) is 0 Å². The summed E-state index contributed by atoms with van der Waals surface area (Å²) in [6.45, 7) is 3.92. The quantitative estimate of drug-likeness (QED) is 0.0330. The minimum absolute atomic E-state index is 0.130. The molecular formula is C75H149NO8. The standard InChI is InChI=1S/C75H149NO8/c1-3-5-7-9-11-13-15-17-19-21-23-25-27-29-31-32-33-34-35-36-37-39-41-43-45-47-49-51-53-55-57-59-61-63-65-71(79)76-68(67-83-75-74(82)73(81)72(80)70(66-77)84-75)69(78)64-62-60-58-56-54-52-50-48-46-44-42-40-38-30-28-26-24-22-20-18-16-14-12-10-8-6-4-2/h68-70,72-75,77-78,80-82H,3-67H2,1-2H3,(H,76,79). The van der Waals surface area contributed by atoms with E-state index in [1.54, 1.807) is 0 Å². The Morgan fingerprint density at radius 1 is 0.357 bits per heavy atom. The number of unbranched alkanes of at least 4 members (excludes halogenated alkanes) is 59. The van der Waals surface area contributed by atoms with Crippen LogP contribution in [0.25, 0.3) is 0 Å².